The van der Waals surface area contributed by atoms with Crippen LogP contribution in [0.1, 0.15) is 17.5 Å². The van der Waals surface area contributed by atoms with Crippen molar-refractivity contribution >= 4 is 25.8 Å². The molecule has 0 radical (unpaired) electrons. The van der Waals surface area contributed by atoms with Crippen molar-refractivity contribution in [3.63, 3.8) is 0 Å². The van der Waals surface area contributed by atoms with Crippen LogP contribution in [-0.4, -0.2) is 26.0 Å². The lowest BCUT2D eigenvalue weighted by atomic mass is 10.1. The van der Waals surface area contributed by atoms with E-state index in [2.05, 4.69) is 21.2 Å². The van der Waals surface area contributed by atoms with Gasteiger partial charge in [0.05, 0.1) is 11.5 Å². The first-order chi connectivity index (χ1) is 11.5. The zero-order valence-electron chi connectivity index (χ0n) is 13.2. The molecule has 2 aromatic carbocycles. The van der Waals surface area contributed by atoms with Gasteiger partial charge in [-0.3, -0.25) is 0 Å². The van der Waals surface area contributed by atoms with Crippen LogP contribution in [0.3, 0.4) is 0 Å². The van der Waals surface area contributed by atoms with Crippen molar-refractivity contribution in [3.05, 3.63) is 64.1 Å². The summed E-state index contributed by atoms with van der Waals surface area (Å²) in [6, 6.07) is 15.9. The van der Waals surface area contributed by atoms with Gasteiger partial charge < -0.3 is 10.1 Å². The molecule has 0 aliphatic carbocycles. The Kier molecular flexibility index (Phi) is 5.58. The number of hydrogen-bond donors (Lipinski definition) is 1. The summed E-state index contributed by atoms with van der Waals surface area (Å²) < 4.78 is 30.1. The van der Waals surface area contributed by atoms with E-state index in [0.29, 0.717) is 19.6 Å². The predicted molar refractivity (Wildman–Crippen MR) is 98.8 cm³/mol. The smallest absolute Gasteiger partial charge is 0.151 e. The average Bonchev–Trinajstić information content (AvgIpc) is 2.92. The second-order valence-electron chi connectivity index (χ2n) is 6.01. The summed E-state index contributed by atoms with van der Waals surface area (Å²) in [5.74, 6) is 1.32. The number of rotatable bonds is 6. The van der Waals surface area contributed by atoms with Crippen molar-refractivity contribution < 1.29 is 13.2 Å². The van der Waals surface area contributed by atoms with Crippen molar-refractivity contribution in [2.24, 2.45) is 0 Å². The second kappa shape index (κ2) is 7.68. The van der Waals surface area contributed by atoms with Crippen LogP contribution >= 0.6 is 15.9 Å². The molecule has 0 spiro atoms. The lowest BCUT2D eigenvalue weighted by molar-refractivity contribution is 0.301. The molecule has 1 fully saturated rings. The molecular formula is C18H20BrNO3S. The monoisotopic (exact) mass is 409 g/mol. The first-order valence-electron chi connectivity index (χ1n) is 7.91. The third-order valence-corrected chi connectivity index (χ3v) is 6.33. The summed E-state index contributed by atoms with van der Waals surface area (Å²) in [5.41, 5.74) is 2.13. The average molecular weight is 410 g/mol. The van der Waals surface area contributed by atoms with Crippen LogP contribution in [0.15, 0.2) is 53.0 Å². The number of hydrogen-bond acceptors (Lipinski definition) is 4. The molecule has 6 heteroatoms. The Morgan fingerprint density at radius 2 is 1.96 bits per heavy atom. The molecule has 1 N–H and O–H groups in total. The normalized spacial score (nSPS) is 19.3. The molecule has 24 heavy (non-hydrogen) atoms. The van der Waals surface area contributed by atoms with Crippen LogP contribution in [-0.2, 0) is 23.0 Å². The first kappa shape index (κ1) is 17.5. The highest BCUT2D eigenvalue weighted by Gasteiger charge is 2.27. The Hall–Kier alpha value is -1.37. The Bertz CT molecular complexity index is 793. The van der Waals surface area contributed by atoms with Crippen molar-refractivity contribution in [2.75, 3.05) is 11.5 Å². The SMILES string of the molecule is O=S1(=O)CCC(NCc2cc(Br)ccc2OCc2ccccc2)C1. The molecule has 3 rings (SSSR count). The topological polar surface area (TPSA) is 55.4 Å². The number of benzene rings is 2. The van der Waals surface area contributed by atoms with E-state index in [4.69, 9.17) is 4.74 Å². The van der Waals surface area contributed by atoms with Gasteiger partial charge in [0.1, 0.15) is 12.4 Å². The third-order valence-electron chi connectivity index (χ3n) is 4.07. The number of halogens is 1. The number of sulfone groups is 1. The fourth-order valence-corrected chi connectivity index (χ4v) is 4.89. The summed E-state index contributed by atoms with van der Waals surface area (Å²) in [6.07, 6.45) is 0.677. The van der Waals surface area contributed by atoms with Crippen LogP contribution in [0.5, 0.6) is 5.75 Å². The zero-order chi connectivity index (χ0) is 17.0. The van der Waals surface area contributed by atoms with Gasteiger partial charge in [0, 0.05) is 22.6 Å². The van der Waals surface area contributed by atoms with Gasteiger partial charge in [-0.15, -0.1) is 0 Å². The fraction of sp³-hybridized carbons (Fsp3) is 0.333. The molecule has 1 saturated heterocycles. The molecule has 1 atom stereocenters. The lowest BCUT2D eigenvalue weighted by Crippen LogP contribution is -2.29. The van der Waals surface area contributed by atoms with Gasteiger partial charge in [-0.05, 0) is 30.2 Å². The molecule has 0 amide bonds. The predicted octanol–water partition coefficient (Wildman–Crippen LogP) is 3.30. The highest BCUT2D eigenvalue weighted by Crippen LogP contribution is 2.25. The van der Waals surface area contributed by atoms with Gasteiger partial charge in [-0.1, -0.05) is 46.3 Å². The highest BCUT2D eigenvalue weighted by atomic mass is 79.9. The van der Waals surface area contributed by atoms with Gasteiger partial charge in [0.2, 0.25) is 0 Å². The van der Waals surface area contributed by atoms with Crippen molar-refractivity contribution in [1.82, 2.24) is 5.32 Å². The minimum Gasteiger partial charge on any atom is -0.489 e. The van der Waals surface area contributed by atoms with Crippen molar-refractivity contribution in [1.29, 1.82) is 0 Å². The lowest BCUT2D eigenvalue weighted by Gasteiger charge is -2.15. The second-order valence-corrected chi connectivity index (χ2v) is 9.15. The van der Waals surface area contributed by atoms with E-state index in [1.54, 1.807) is 0 Å². The Morgan fingerprint density at radius 3 is 2.67 bits per heavy atom. The first-order valence-corrected chi connectivity index (χ1v) is 10.5. The maximum atomic E-state index is 11.6. The summed E-state index contributed by atoms with van der Waals surface area (Å²) in [4.78, 5) is 0. The van der Waals surface area contributed by atoms with Crippen LogP contribution < -0.4 is 10.1 Å². The largest absolute Gasteiger partial charge is 0.489 e. The zero-order valence-corrected chi connectivity index (χ0v) is 15.6. The minimum absolute atomic E-state index is 0.0240. The van der Waals surface area contributed by atoms with E-state index in [1.165, 1.54) is 0 Å². The third kappa shape index (κ3) is 4.82. The van der Waals surface area contributed by atoms with Crippen molar-refractivity contribution in [2.45, 2.75) is 25.6 Å². The van der Waals surface area contributed by atoms with E-state index in [9.17, 15) is 8.42 Å². The Balaban J connectivity index is 1.64. The van der Waals surface area contributed by atoms with Gasteiger partial charge in [-0.2, -0.15) is 0 Å². The van der Waals surface area contributed by atoms with E-state index >= 15 is 0 Å². The Morgan fingerprint density at radius 1 is 1.17 bits per heavy atom. The standard InChI is InChI=1S/C18H20BrNO3S/c19-16-6-7-18(23-12-14-4-2-1-3-5-14)15(10-16)11-20-17-8-9-24(21,22)13-17/h1-7,10,17,20H,8-9,11-13H2. The quantitative estimate of drug-likeness (QED) is 0.794. The summed E-state index contributed by atoms with van der Waals surface area (Å²) in [7, 11) is -2.87. The molecule has 1 unspecified atom stereocenters. The van der Waals surface area contributed by atoms with Crippen molar-refractivity contribution in [3.8, 4) is 5.75 Å². The van der Waals surface area contributed by atoms with Gasteiger partial charge in [-0.25, -0.2) is 8.42 Å². The maximum absolute atomic E-state index is 11.6. The summed E-state index contributed by atoms with van der Waals surface area (Å²) >= 11 is 3.48. The van der Waals surface area contributed by atoms with Gasteiger partial charge in [0.15, 0.2) is 9.84 Å². The molecule has 0 bridgehead atoms. The van der Waals surface area contributed by atoms with E-state index < -0.39 is 9.84 Å². The molecule has 4 nitrogen and oxygen atoms in total. The molecule has 1 aliphatic rings. The van der Waals surface area contributed by atoms with E-state index in [1.807, 2.05) is 48.5 Å². The maximum Gasteiger partial charge on any atom is 0.151 e. The molecule has 0 aromatic heterocycles. The molecule has 128 valence electrons. The summed E-state index contributed by atoms with van der Waals surface area (Å²) in [5, 5.41) is 3.34. The Labute approximate surface area is 151 Å². The van der Waals surface area contributed by atoms with E-state index in [0.717, 1.165) is 21.3 Å². The molecule has 1 heterocycles. The summed E-state index contributed by atoms with van der Waals surface area (Å²) in [6.45, 7) is 1.09. The van der Waals surface area contributed by atoms with Crippen LogP contribution in [0.2, 0.25) is 0 Å². The van der Waals surface area contributed by atoms with Crippen LogP contribution in [0.4, 0.5) is 0 Å². The molecule has 0 saturated carbocycles. The minimum atomic E-state index is -2.87. The highest BCUT2D eigenvalue weighted by molar-refractivity contribution is 9.10. The van der Waals surface area contributed by atoms with E-state index in [-0.39, 0.29) is 17.5 Å². The van der Waals surface area contributed by atoms with Gasteiger partial charge >= 0.3 is 0 Å². The number of nitrogens with one attached hydrogen (secondary N) is 1. The van der Waals surface area contributed by atoms with Crippen LogP contribution in [0, 0.1) is 0 Å². The molecule has 1 aliphatic heterocycles. The van der Waals surface area contributed by atoms with Crippen LogP contribution in [0.25, 0.3) is 0 Å². The fourth-order valence-electron chi connectivity index (χ4n) is 2.77. The number of ether oxygens (including phenoxy) is 1. The molecular weight excluding hydrogens is 390 g/mol. The molecule has 2 aromatic rings. The van der Waals surface area contributed by atoms with Gasteiger partial charge in [0.25, 0.3) is 0 Å².